The molecule has 156 valence electrons. The minimum absolute atomic E-state index is 0.0197. The number of carbonyl (C=O) groups excluding carboxylic acids is 2. The Labute approximate surface area is 180 Å². The molecule has 0 unspecified atom stereocenters. The number of hydrogen-bond acceptors (Lipinski definition) is 5. The first-order valence-corrected chi connectivity index (χ1v) is 9.80. The van der Waals surface area contributed by atoms with Crippen molar-refractivity contribution >= 4 is 23.5 Å². The molecule has 0 saturated heterocycles. The van der Waals surface area contributed by atoms with E-state index in [2.05, 4.69) is 5.32 Å². The first-order valence-electron chi connectivity index (χ1n) is 9.80. The number of carbonyl (C=O) groups is 2. The zero-order valence-electron chi connectivity index (χ0n) is 17.0. The third kappa shape index (κ3) is 4.75. The molecule has 1 amide bonds. The number of Topliss-reactive ketones (excluding diaryl/α,β-unsaturated/α-hetero) is 1. The van der Waals surface area contributed by atoms with Crippen LogP contribution in [-0.4, -0.2) is 32.0 Å². The normalized spacial score (nSPS) is 12.7. The van der Waals surface area contributed by atoms with Crippen LogP contribution in [0.15, 0.2) is 78.4 Å². The summed E-state index contributed by atoms with van der Waals surface area (Å²) >= 11 is 0. The molecular formula is C25H21NO5. The van der Waals surface area contributed by atoms with Crippen LogP contribution in [0.3, 0.4) is 0 Å². The van der Waals surface area contributed by atoms with E-state index in [1.54, 1.807) is 79.9 Å². The summed E-state index contributed by atoms with van der Waals surface area (Å²) in [6.07, 6.45) is 1.57. The van der Waals surface area contributed by atoms with Crippen molar-refractivity contribution in [1.29, 1.82) is 0 Å². The van der Waals surface area contributed by atoms with E-state index in [1.165, 1.54) is 0 Å². The van der Waals surface area contributed by atoms with Crippen LogP contribution in [-0.2, 0) is 4.79 Å². The van der Waals surface area contributed by atoms with Gasteiger partial charge in [0.15, 0.2) is 17.3 Å². The zero-order chi connectivity index (χ0) is 21.6. The fourth-order valence-corrected chi connectivity index (χ4v) is 3.17. The highest BCUT2D eigenvalue weighted by molar-refractivity contribution is 6.31. The molecule has 6 nitrogen and oxygen atoms in total. The van der Waals surface area contributed by atoms with E-state index in [-0.39, 0.29) is 11.4 Å². The number of nitrogens with one attached hydrogen (secondary N) is 1. The molecule has 0 aliphatic carbocycles. The number of hydrogen-bond donors (Lipinski definition) is 1. The predicted octanol–water partition coefficient (Wildman–Crippen LogP) is 4.37. The van der Waals surface area contributed by atoms with E-state index in [4.69, 9.17) is 14.2 Å². The summed E-state index contributed by atoms with van der Waals surface area (Å²) in [5, 5.41) is 2.80. The van der Waals surface area contributed by atoms with Gasteiger partial charge in [-0.25, -0.2) is 0 Å². The molecule has 0 fully saturated rings. The molecule has 0 spiro atoms. The number of ketones is 1. The number of benzene rings is 3. The number of rotatable bonds is 6. The van der Waals surface area contributed by atoms with Gasteiger partial charge in [-0.2, -0.15) is 0 Å². The van der Waals surface area contributed by atoms with Gasteiger partial charge in [-0.1, -0.05) is 42.5 Å². The average molecular weight is 415 g/mol. The van der Waals surface area contributed by atoms with Gasteiger partial charge < -0.3 is 19.5 Å². The lowest BCUT2D eigenvalue weighted by Crippen LogP contribution is -2.21. The maximum Gasteiger partial charge on any atom is 0.259 e. The maximum atomic E-state index is 13.1. The molecule has 0 bridgehead atoms. The van der Waals surface area contributed by atoms with Crippen LogP contribution >= 0.6 is 0 Å². The van der Waals surface area contributed by atoms with Crippen LogP contribution in [0.2, 0.25) is 0 Å². The highest BCUT2D eigenvalue weighted by Gasteiger charge is 2.21. The van der Waals surface area contributed by atoms with Crippen LogP contribution in [0.25, 0.3) is 6.08 Å². The minimum atomic E-state index is -0.513. The first kappa shape index (κ1) is 20.2. The molecule has 1 N–H and O–H groups in total. The third-order valence-electron chi connectivity index (χ3n) is 4.75. The van der Waals surface area contributed by atoms with Crippen molar-refractivity contribution in [2.75, 3.05) is 25.6 Å². The third-order valence-corrected chi connectivity index (χ3v) is 4.75. The molecule has 0 saturated carbocycles. The van der Waals surface area contributed by atoms with Crippen molar-refractivity contribution in [2.24, 2.45) is 0 Å². The molecule has 0 aromatic heterocycles. The summed E-state index contributed by atoms with van der Waals surface area (Å²) in [6.45, 7) is 0.929. The molecule has 3 aromatic carbocycles. The second kappa shape index (κ2) is 9.17. The van der Waals surface area contributed by atoms with Gasteiger partial charge in [0.05, 0.1) is 12.7 Å². The molecule has 31 heavy (non-hydrogen) atoms. The van der Waals surface area contributed by atoms with E-state index in [0.29, 0.717) is 47.3 Å². The first-order chi connectivity index (χ1) is 15.1. The molecule has 1 aliphatic rings. The lowest BCUT2D eigenvalue weighted by Gasteiger charge is -2.19. The zero-order valence-corrected chi connectivity index (χ0v) is 17.0. The Bertz CT molecular complexity index is 1120. The molecule has 1 heterocycles. The number of methoxy groups -OCH3 is 1. The Morgan fingerprint density at radius 3 is 2.32 bits per heavy atom. The van der Waals surface area contributed by atoms with Gasteiger partial charge >= 0.3 is 0 Å². The number of ether oxygens (including phenoxy) is 3. The van der Waals surface area contributed by atoms with E-state index in [0.717, 1.165) is 0 Å². The summed E-state index contributed by atoms with van der Waals surface area (Å²) in [5.41, 5.74) is 1.67. The summed E-state index contributed by atoms with van der Waals surface area (Å²) < 4.78 is 16.3. The van der Waals surface area contributed by atoms with Crippen molar-refractivity contribution in [3.05, 3.63) is 89.5 Å². The van der Waals surface area contributed by atoms with Crippen LogP contribution in [0.1, 0.15) is 15.9 Å². The van der Waals surface area contributed by atoms with Crippen LogP contribution < -0.4 is 19.5 Å². The highest BCUT2D eigenvalue weighted by atomic mass is 16.6. The van der Waals surface area contributed by atoms with Crippen molar-refractivity contribution in [1.82, 2.24) is 0 Å². The van der Waals surface area contributed by atoms with Gasteiger partial charge in [-0.3, -0.25) is 9.59 Å². The minimum Gasteiger partial charge on any atom is -0.497 e. The maximum absolute atomic E-state index is 13.1. The van der Waals surface area contributed by atoms with Crippen molar-refractivity contribution in [3.63, 3.8) is 0 Å². The Balaban J connectivity index is 1.65. The predicted molar refractivity (Wildman–Crippen MR) is 118 cm³/mol. The van der Waals surface area contributed by atoms with Crippen LogP contribution in [0.4, 0.5) is 5.69 Å². The average Bonchev–Trinajstić information content (AvgIpc) is 2.83. The van der Waals surface area contributed by atoms with Gasteiger partial charge in [-0.15, -0.1) is 0 Å². The highest BCUT2D eigenvalue weighted by Crippen LogP contribution is 2.32. The monoisotopic (exact) mass is 415 g/mol. The molecule has 1 aliphatic heterocycles. The topological polar surface area (TPSA) is 73.9 Å². The smallest absolute Gasteiger partial charge is 0.259 e. The quantitative estimate of drug-likeness (QED) is 0.280. The van der Waals surface area contributed by atoms with E-state index >= 15 is 0 Å². The second-order valence-corrected chi connectivity index (χ2v) is 6.84. The van der Waals surface area contributed by atoms with Crippen molar-refractivity contribution in [3.8, 4) is 17.2 Å². The number of amides is 1. The van der Waals surface area contributed by atoms with Gasteiger partial charge in [0, 0.05) is 17.3 Å². The van der Waals surface area contributed by atoms with Crippen molar-refractivity contribution in [2.45, 2.75) is 0 Å². The summed E-state index contributed by atoms with van der Waals surface area (Å²) in [4.78, 5) is 26.3. The van der Waals surface area contributed by atoms with E-state index < -0.39 is 5.91 Å². The molecule has 4 rings (SSSR count). The second-order valence-electron chi connectivity index (χ2n) is 6.84. The fraction of sp³-hybridized carbons (Fsp3) is 0.120. The Morgan fingerprint density at radius 2 is 1.61 bits per heavy atom. The lowest BCUT2D eigenvalue weighted by atomic mass is 10.00. The fourth-order valence-electron chi connectivity index (χ4n) is 3.17. The molecule has 6 heteroatoms. The Hall–Kier alpha value is -4.06. The Morgan fingerprint density at radius 1 is 0.903 bits per heavy atom. The summed E-state index contributed by atoms with van der Waals surface area (Å²) in [5.74, 6) is 0.986. The van der Waals surface area contributed by atoms with E-state index in [9.17, 15) is 9.59 Å². The summed E-state index contributed by atoms with van der Waals surface area (Å²) in [6, 6.07) is 21.0. The van der Waals surface area contributed by atoms with Crippen LogP contribution in [0, 0.1) is 0 Å². The Kier molecular flexibility index (Phi) is 5.98. The van der Waals surface area contributed by atoms with Gasteiger partial charge in [0.2, 0.25) is 0 Å². The lowest BCUT2D eigenvalue weighted by molar-refractivity contribution is -0.112. The SMILES string of the molecule is COc1ccc(/C=C(/C(=O)Nc2ccc3c(c2)OCCO3)C(=O)c2ccccc2)cc1. The molecule has 3 aromatic rings. The summed E-state index contributed by atoms with van der Waals surface area (Å²) in [7, 11) is 1.58. The van der Waals surface area contributed by atoms with Gasteiger partial charge in [-0.05, 0) is 35.9 Å². The van der Waals surface area contributed by atoms with Gasteiger partial charge in [0.1, 0.15) is 19.0 Å². The standard InChI is InChI=1S/C25H21NO5/c1-29-20-10-7-17(8-11-20)15-21(24(27)18-5-3-2-4-6-18)25(28)26-19-9-12-22-23(16-19)31-14-13-30-22/h2-12,15-16H,13-14H2,1H3,(H,26,28)/b21-15+. The number of anilines is 1. The van der Waals surface area contributed by atoms with E-state index in [1.807, 2.05) is 6.07 Å². The van der Waals surface area contributed by atoms with Crippen LogP contribution in [0.5, 0.6) is 17.2 Å². The number of fused-ring (bicyclic) bond motifs is 1. The van der Waals surface area contributed by atoms with Gasteiger partial charge in [0.25, 0.3) is 5.91 Å². The molecule has 0 atom stereocenters. The largest absolute Gasteiger partial charge is 0.497 e. The molecular weight excluding hydrogens is 394 g/mol. The molecule has 0 radical (unpaired) electrons. The van der Waals surface area contributed by atoms with Crippen molar-refractivity contribution < 1.29 is 23.8 Å².